The number of hydrogen-bond acceptors (Lipinski definition) is 4. The molecule has 1 aromatic carbocycles. The summed E-state index contributed by atoms with van der Waals surface area (Å²) in [6.45, 7) is 2.30. The normalized spacial score (nSPS) is 17.7. The quantitative estimate of drug-likeness (QED) is 0.894. The maximum atomic E-state index is 12.4. The lowest BCUT2D eigenvalue weighted by atomic mass is 10.1. The van der Waals surface area contributed by atoms with Gasteiger partial charge in [-0.3, -0.25) is 9.89 Å². The minimum atomic E-state index is -0.946. The Morgan fingerprint density at radius 1 is 1.32 bits per heavy atom. The number of likely N-dealkylation sites (tertiary alicyclic amines) is 1. The first-order valence-corrected chi connectivity index (χ1v) is 7.09. The molecule has 1 atom stereocenters. The summed E-state index contributed by atoms with van der Waals surface area (Å²) in [5.41, 5.74) is 1.28. The van der Waals surface area contributed by atoms with Gasteiger partial charge in [0.1, 0.15) is 11.9 Å². The third-order valence-corrected chi connectivity index (χ3v) is 3.79. The van der Waals surface area contributed by atoms with Gasteiger partial charge in [0, 0.05) is 17.7 Å². The zero-order valence-electron chi connectivity index (χ0n) is 12.1. The van der Waals surface area contributed by atoms with Crippen LogP contribution in [-0.4, -0.2) is 49.7 Å². The fourth-order valence-corrected chi connectivity index (χ4v) is 2.67. The topological polar surface area (TPSA) is 99.2 Å². The first kappa shape index (κ1) is 14.2. The number of carboxylic acid groups (broad SMARTS) is 1. The van der Waals surface area contributed by atoms with Gasteiger partial charge in [-0.15, -0.1) is 0 Å². The van der Waals surface area contributed by atoms with E-state index in [0.29, 0.717) is 24.4 Å². The number of aliphatic carboxylic acids is 1. The van der Waals surface area contributed by atoms with Crippen molar-refractivity contribution in [3.8, 4) is 11.4 Å². The number of carbonyl (C=O) groups is 2. The number of benzene rings is 1. The maximum absolute atomic E-state index is 12.4. The van der Waals surface area contributed by atoms with Gasteiger partial charge in [-0.2, -0.15) is 5.10 Å². The number of aromatic amines is 1. The SMILES string of the molecule is Cc1nc(-c2ccc(C(=O)N3CCC[C@H]3C(=O)O)cc2)n[nH]1. The smallest absolute Gasteiger partial charge is 0.326 e. The number of carboxylic acids is 1. The molecule has 114 valence electrons. The first-order valence-electron chi connectivity index (χ1n) is 7.09. The fourth-order valence-electron chi connectivity index (χ4n) is 2.67. The highest BCUT2D eigenvalue weighted by Crippen LogP contribution is 2.22. The minimum Gasteiger partial charge on any atom is -0.480 e. The van der Waals surface area contributed by atoms with Crippen molar-refractivity contribution in [3.63, 3.8) is 0 Å². The Bertz CT molecular complexity index is 708. The average Bonchev–Trinajstić information content (AvgIpc) is 3.15. The molecular weight excluding hydrogens is 284 g/mol. The summed E-state index contributed by atoms with van der Waals surface area (Å²) in [4.78, 5) is 29.3. The Balaban J connectivity index is 1.80. The minimum absolute atomic E-state index is 0.248. The second-order valence-electron chi connectivity index (χ2n) is 5.32. The van der Waals surface area contributed by atoms with Crippen LogP contribution in [0.2, 0.25) is 0 Å². The lowest BCUT2D eigenvalue weighted by molar-refractivity contribution is -0.141. The summed E-state index contributed by atoms with van der Waals surface area (Å²) in [5, 5.41) is 16.0. The number of amides is 1. The molecule has 0 radical (unpaired) electrons. The predicted octanol–water partition coefficient (Wildman–Crippen LogP) is 1.47. The third kappa shape index (κ3) is 2.57. The van der Waals surface area contributed by atoms with E-state index in [9.17, 15) is 9.59 Å². The number of rotatable bonds is 3. The summed E-state index contributed by atoms with van der Waals surface area (Å²) >= 11 is 0. The molecule has 2 N–H and O–H groups in total. The summed E-state index contributed by atoms with van der Waals surface area (Å²) < 4.78 is 0. The largest absolute Gasteiger partial charge is 0.480 e. The number of carbonyl (C=O) groups excluding carboxylic acids is 1. The molecular formula is C15H16N4O3. The van der Waals surface area contributed by atoms with Crippen LogP contribution in [0.5, 0.6) is 0 Å². The fraction of sp³-hybridized carbons (Fsp3) is 0.333. The van der Waals surface area contributed by atoms with Crippen LogP contribution < -0.4 is 0 Å². The van der Waals surface area contributed by atoms with Gasteiger partial charge in [-0.05, 0) is 31.9 Å². The summed E-state index contributed by atoms with van der Waals surface area (Å²) in [6.07, 6.45) is 1.23. The zero-order chi connectivity index (χ0) is 15.7. The monoisotopic (exact) mass is 300 g/mol. The van der Waals surface area contributed by atoms with Crippen LogP contribution in [0.3, 0.4) is 0 Å². The van der Waals surface area contributed by atoms with Crippen molar-refractivity contribution in [3.05, 3.63) is 35.7 Å². The van der Waals surface area contributed by atoms with Gasteiger partial charge >= 0.3 is 5.97 Å². The lowest BCUT2D eigenvalue weighted by Crippen LogP contribution is -2.40. The standard InChI is InChI=1S/C15H16N4O3/c1-9-16-13(18-17-9)10-4-6-11(7-5-10)14(20)19-8-2-3-12(19)15(21)22/h4-7,12H,2-3,8H2,1H3,(H,21,22)(H,16,17,18)/t12-/m0/s1. The van der Waals surface area contributed by atoms with E-state index in [1.165, 1.54) is 4.90 Å². The number of H-pyrrole nitrogens is 1. The third-order valence-electron chi connectivity index (χ3n) is 3.79. The molecule has 3 rings (SSSR count). The van der Waals surface area contributed by atoms with Crippen molar-refractivity contribution >= 4 is 11.9 Å². The van der Waals surface area contributed by atoms with Crippen molar-refractivity contribution in [2.45, 2.75) is 25.8 Å². The Morgan fingerprint density at radius 2 is 2.05 bits per heavy atom. The van der Waals surface area contributed by atoms with Gasteiger partial charge in [-0.1, -0.05) is 12.1 Å². The van der Waals surface area contributed by atoms with Crippen LogP contribution in [0.15, 0.2) is 24.3 Å². The Hall–Kier alpha value is -2.70. The second-order valence-corrected chi connectivity index (χ2v) is 5.32. The molecule has 1 saturated heterocycles. The molecule has 0 aliphatic carbocycles. The van der Waals surface area contributed by atoms with E-state index in [2.05, 4.69) is 15.2 Å². The van der Waals surface area contributed by atoms with Gasteiger partial charge in [0.05, 0.1) is 0 Å². The van der Waals surface area contributed by atoms with E-state index < -0.39 is 12.0 Å². The van der Waals surface area contributed by atoms with Crippen LogP contribution in [0.1, 0.15) is 29.0 Å². The predicted molar refractivity (Wildman–Crippen MR) is 78.3 cm³/mol. The molecule has 1 aliphatic rings. The van der Waals surface area contributed by atoms with Gasteiger partial charge in [0.2, 0.25) is 0 Å². The zero-order valence-corrected chi connectivity index (χ0v) is 12.1. The van der Waals surface area contributed by atoms with Crippen molar-refractivity contribution in [2.75, 3.05) is 6.54 Å². The number of nitrogens with one attached hydrogen (secondary N) is 1. The molecule has 0 unspecified atom stereocenters. The number of aromatic nitrogens is 3. The molecule has 0 spiro atoms. The first-order chi connectivity index (χ1) is 10.6. The van der Waals surface area contributed by atoms with Crippen molar-refractivity contribution in [2.24, 2.45) is 0 Å². The van der Waals surface area contributed by atoms with E-state index in [1.54, 1.807) is 24.3 Å². The Labute approximate surface area is 127 Å². The molecule has 0 bridgehead atoms. The highest BCUT2D eigenvalue weighted by atomic mass is 16.4. The average molecular weight is 300 g/mol. The maximum Gasteiger partial charge on any atom is 0.326 e. The summed E-state index contributed by atoms with van der Waals surface area (Å²) in [5.74, 6) is 0.0962. The van der Waals surface area contributed by atoms with Crippen LogP contribution in [-0.2, 0) is 4.79 Å². The summed E-state index contributed by atoms with van der Waals surface area (Å²) in [6, 6.07) is 6.17. The van der Waals surface area contributed by atoms with Crippen molar-refractivity contribution in [1.29, 1.82) is 0 Å². The summed E-state index contributed by atoms with van der Waals surface area (Å²) in [7, 11) is 0. The van der Waals surface area contributed by atoms with E-state index in [-0.39, 0.29) is 5.91 Å². The van der Waals surface area contributed by atoms with Gasteiger partial charge in [0.25, 0.3) is 5.91 Å². The lowest BCUT2D eigenvalue weighted by Gasteiger charge is -2.21. The van der Waals surface area contributed by atoms with Crippen LogP contribution in [0, 0.1) is 6.92 Å². The van der Waals surface area contributed by atoms with Gasteiger partial charge in [-0.25, -0.2) is 9.78 Å². The van der Waals surface area contributed by atoms with E-state index >= 15 is 0 Å². The number of hydrogen-bond donors (Lipinski definition) is 2. The molecule has 22 heavy (non-hydrogen) atoms. The number of aryl methyl sites for hydroxylation is 1. The highest BCUT2D eigenvalue weighted by Gasteiger charge is 2.34. The van der Waals surface area contributed by atoms with Crippen LogP contribution in [0.25, 0.3) is 11.4 Å². The Morgan fingerprint density at radius 3 is 2.64 bits per heavy atom. The van der Waals surface area contributed by atoms with E-state index in [1.807, 2.05) is 6.92 Å². The molecule has 2 heterocycles. The molecule has 1 amide bonds. The van der Waals surface area contributed by atoms with E-state index in [0.717, 1.165) is 17.8 Å². The molecule has 7 heteroatoms. The van der Waals surface area contributed by atoms with Crippen LogP contribution in [0.4, 0.5) is 0 Å². The molecule has 7 nitrogen and oxygen atoms in total. The van der Waals surface area contributed by atoms with Crippen molar-refractivity contribution in [1.82, 2.24) is 20.1 Å². The van der Waals surface area contributed by atoms with Gasteiger partial charge < -0.3 is 10.0 Å². The van der Waals surface area contributed by atoms with E-state index in [4.69, 9.17) is 5.11 Å². The molecule has 1 aliphatic heterocycles. The van der Waals surface area contributed by atoms with Crippen LogP contribution >= 0.6 is 0 Å². The highest BCUT2D eigenvalue weighted by molar-refractivity contribution is 5.97. The number of nitrogens with zero attached hydrogens (tertiary/aromatic N) is 3. The Kier molecular flexibility index (Phi) is 3.62. The van der Waals surface area contributed by atoms with Crippen molar-refractivity contribution < 1.29 is 14.7 Å². The van der Waals surface area contributed by atoms with Gasteiger partial charge in [0.15, 0.2) is 5.82 Å². The molecule has 1 aromatic heterocycles. The second kappa shape index (κ2) is 5.59. The molecule has 2 aromatic rings. The molecule has 0 saturated carbocycles. The molecule has 1 fully saturated rings.